The molecule has 1 aromatic heterocycles. The van der Waals surface area contributed by atoms with Gasteiger partial charge in [-0.25, -0.2) is 4.98 Å². The van der Waals surface area contributed by atoms with Crippen LogP contribution in [0.15, 0.2) is 54.9 Å². The Labute approximate surface area is 175 Å². The summed E-state index contributed by atoms with van der Waals surface area (Å²) in [5.41, 5.74) is -0.359. The molecule has 0 radical (unpaired) electrons. The first-order valence-electron chi connectivity index (χ1n) is 9.07. The summed E-state index contributed by atoms with van der Waals surface area (Å²) in [5.74, 6) is 0.549. The van der Waals surface area contributed by atoms with Crippen molar-refractivity contribution in [2.45, 2.75) is 13.0 Å². The van der Waals surface area contributed by atoms with Crippen molar-refractivity contribution in [3.05, 3.63) is 76.4 Å². The molecule has 11 heteroatoms. The number of hydrogen-bond acceptors (Lipinski definition) is 6. The number of methoxy groups -OCH3 is 1. The van der Waals surface area contributed by atoms with E-state index in [-0.39, 0.29) is 35.8 Å². The van der Waals surface area contributed by atoms with Gasteiger partial charge in [-0.05, 0) is 30.3 Å². The van der Waals surface area contributed by atoms with E-state index < -0.39 is 17.4 Å². The number of carbonyl (C=O) groups is 1. The molecular formula is C20H18F2N4O5. The number of carbonyl (C=O) groups excluding carboxylic acids is 1. The minimum Gasteiger partial charge on any atom is -0.497 e. The lowest BCUT2D eigenvalue weighted by Gasteiger charge is -2.12. The molecule has 3 aromatic rings. The molecule has 0 saturated carbocycles. The summed E-state index contributed by atoms with van der Waals surface area (Å²) >= 11 is 0. The lowest BCUT2D eigenvalue weighted by Crippen LogP contribution is -2.27. The first-order valence-corrected chi connectivity index (χ1v) is 9.07. The number of nitro benzene ring substituents is 1. The van der Waals surface area contributed by atoms with Gasteiger partial charge in [-0.15, -0.1) is 0 Å². The maximum Gasteiger partial charge on any atom is 0.319 e. The summed E-state index contributed by atoms with van der Waals surface area (Å²) in [6.45, 7) is -2.75. The molecule has 0 bridgehead atoms. The van der Waals surface area contributed by atoms with Crippen molar-refractivity contribution in [2.75, 3.05) is 13.7 Å². The molecular weight excluding hydrogens is 414 g/mol. The number of amides is 1. The van der Waals surface area contributed by atoms with Gasteiger partial charge in [0.2, 0.25) is 0 Å². The van der Waals surface area contributed by atoms with E-state index in [2.05, 4.69) is 10.3 Å². The summed E-state index contributed by atoms with van der Waals surface area (Å²) < 4.78 is 37.3. The molecule has 0 saturated heterocycles. The highest BCUT2D eigenvalue weighted by Crippen LogP contribution is 2.29. The second-order valence-corrected chi connectivity index (χ2v) is 6.25. The van der Waals surface area contributed by atoms with Gasteiger partial charge in [0.1, 0.15) is 23.1 Å². The van der Waals surface area contributed by atoms with E-state index in [0.717, 1.165) is 12.3 Å². The molecule has 1 heterocycles. The standard InChI is InChI=1S/C20H18F2N4O5/c1-30-14-3-5-15(6-4-14)31-17-7-2-13(26(28)29)12-16(17)19(27)24-9-8-18-23-10-11-25(18)20(21)22/h2-7,10-12,20H,8-9H2,1H3,(H,24,27). The predicted octanol–water partition coefficient (Wildman–Crippen LogP) is 3.96. The summed E-state index contributed by atoms with van der Waals surface area (Å²) in [4.78, 5) is 27.0. The van der Waals surface area contributed by atoms with Crippen LogP contribution in [0.4, 0.5) is 14.5 Å². The number of halogens is 2. The molecule has 2 aromatic carbocycles. The molecule has 0 unspecified atom stereocenters. The van der Waals surface area contributed by atoms with E-state index >= 15 is 0 Å². The SMILES string of the molecule is COc1ccc(Oc2ccc([N+](=O)[O-])cc2C(=O)NCCc2nccn2C(F)F)cc1. The van der Waals surface area contributed by atoms with Crippen LogP contribution in [0.25, 0.3) is 0 Å². The van der Waals surface area contributed by atoms with Gasteiger partial charge in [0.05, 0.1) is 17.6 Å². The van der Waals surface area contributed by atoms with Crippen LogP contribution in [0.1, 0.15) is 22.7 Å². The average molecular weight is 432 g/mol. The number of nitrogens with zero attached hydrogens (tertiary/aromatic N) is 3. The second-order valence-electron chi connectivity index (χ2n) is 6.25. The van der Waals surface area contributed by atoms with Crippen LogP contribution in [0.5, 0.6) is 17.2 Å². The molecule has 162 valence electrons. The Kier molecular flexibility index (Phi) is 6.75. The number of aromatic nitrogens is 2. The van der Waals surface area contributed by atoms with Gasteiger partial charge in [-0.1, -0.05) is 0 Å². The quantitative estimate of drug-likeness (QED) is 0.405. The van der Waals surface area contributed by atoms with Crippen LogP contribution < -0.4 is 14.8 Å². The van der Waals surface area contributed by atoms with Crippen LogP contribution in [-0.4, -0.2) is 34.0 Å². The van der Waals surface area contributed by atoms with Crippen molar-refractivity contribution < 1.29 is 28.0 Å². The molecule has 0 atom stereocenters. The monoisotopic (exact) mass is 432 g/mol. The summed E-state index contributed by atoms with van der Waals surface area (Å²) in [5, 5.41) is 13.7. The zero-order valence-electron chi connectivity index (χ0n) is 16.3. The fourth-order valence-electron chi connectivity index (χ4n) is 2.77. The van der Waals surface area contributed by atoms with Crippen molar-refractivity contribution in [1.82, 2.24) is 14.9 Å². The molecule has 0 aliphatic carbocycles. The number of non-ortho nitro benzene ring substituents is 1. The van der Waals surface area contributed by atoms with Gasteiger partial charge in [-0.2, -0.15) is 8.78 Å². The molecule has 0 spiro atoms. The van der Waals surface area contributed by atoms with E-state index in [9.17, 15) is 23.7 Å². The molecule has 1 amide bonds. The van der Waals surface area contributed by atoms with Crippen molar-refractivity contribution in [1.29, 1.82) is 0 Å². The van der Waals surface area contributed by atoms with Crippen LogP contribution in [-0.2, 0) is 6.42 Å². The van der Waals surface area contributed by atoms with Gasteiger partial charge < -0.3 is 14.8 Å². The Bertz CT molecular complexity index is 1070. The van der Waals surface area contributed by atoms with Gasteiger partial charge in [0, 0.05) is 37.5 Å². The maximum atomic E-state index is 12.9. The fourth-order valence-corrected chi connectivity index (χ4v) is 2.77. The second kappa shape index (κ2) is 9.65. The van der Waals surface area contributed by atoms with E-state index in [1.54, 1.807) is 24.3 Å². The molecule has 3 rings (SSSR count). The van der Waals surface area contributed by atoms with Gasteiger partial charge in [0.25, 0.3) is 11.6 Å². The number of nitrogens with one attached hydrogen (secondary N) is 1. The number of benzene rings is 2. The highest BCUT2D eigenvalue weighted by Gasteiger charge is 2.19. The third-order valence-electron chi connectivity index (χ3n) is 4.30. The maximum absolute atomic E-state index is 12.9. The minimum atomic E-state index is -2.74. The van der Waals surface area contributed by atoms with Crippen LogP contribution in [0.2, 0.25) is 0 Å². The van der Waals surface area contributed by atoms with Crippen LogP contribution in [0.3, 0.4) is 0 Å². The van der Waals surface area contributed by atoms with Crippen LogP contribution >= 0.6 is 0 Å². The van der Waals surface area contributed by atoms with Crippen molar-refractivity contribution in [3.8, 4) is 17.2 Å². The van der Waals surface area contributed by atoms with Gasteiger partial charge >= 0.3 is 6.55 Å². The Hall–Kier alpha value is -4.02. The largest absolute Gasteiger partial charge is 0.497 e. The normalized spacial score (nSPS) is 10.7. The third-order valence-corrected chi connectivity index (χ3v) is 4.30. The molecule has 31 heavy (non-hydrogen) atoms. The zero-order valence-corrected chi connectivity index (χ0v) is 16.3. The Morgan fingerprint density at radius 2 is 1.94 bits per heavy atom. The van der Waals surface area contributed by atoms with E-state index in [1.807, 2.05) is 0 Å². The van der Waals surface area contributed by atoms with Gasteiger partial charge in [-0.3, -0.25) is 19.5 Å². The summed E-state index contributed by atoms with van der Waals surface area (Å²) in [6, 6.07) is 10.2. The highest BCUT2D eigenvalue weighted by molar-refractivity contribution is 5.97. The number of alkyl halides is 2. The van der Waals surface area contributed by atoms with Crippen molar-refractivity contribution in [3.63, 3.8) is 0 Å². The number of ether oxygens (including phenoxy) is 2. The Morgan fingerprint density at radius 3 is 2.58 bits per heavy atom. The minimum absolute atomic E-state index is 0.00671. The predicted molar refractivity (Wildman–Crippen MR) is 106 cm³/mol. The highest BCUT2D eigenvalue weighted by atomic mass is 19.3. The van der Waals surface area contributed by atoms with E-state index in [4.69, 9.17) is 9.47 Å². The molecule has 1 N–H and O–H groups in total. The average Bonchev–Trinajstić information content (AvgIpc) is 3.23. The Morgan fingerprint density at radius 1 is 1.23 bits per heavy atom. The number of imidazole rings is 1. The summed E-state index contributed by atoms with van der Waals surface area (Å²) in [7, 11) is 1.52. The summed E-state index contributed by atoms with van der Waals surface area (Å²) in [6.07, 6.45) is 2.43. The smallest absolute Gasteiger partial charge is 0.319 e. The zero-order chi connectivity index (χ0) is 22.4. The lowest BCUT2D eigenvalue weighted by molar-refractivity contribution is -0.384. The number of rotatable bonds is 9. The van der Waals surface area contributed by atoms with E-state index in [1.165, 1.54) is 25.4 Å². The first-order chi connectivity index (χ1) is 14.9. The van der Waals surface area contributed by atoms with Crippen LogP contribution in [0, 0.1) is 10.1 Å². The van der Waals surface area contributed by atoms with E-state index in [0.29, 0.717) is 16.1 Å². The molecule has 0 aliphatic rings. The first kappa shape index (κ1) is 21.7. The third kappa shape index (κ3) is 5.32. The Balaban J connectivity index is 1.76. The topological polar surface area (TPSA) is 109 Å². The number of nitro groups is 1. The molecule has 0 aliphatic heterocycles. The van der Waals surface area contributed by atoms with Gasteiger partial charge in [0.15, 0.2) is 0 Å². The fraction of sp³-hybridized carbons (Fsp3) is 0.200. The molecule has 0 fully saturated rings. The lowest BCUT2D eigenvalue weighted by atomic mass is 10.1. The molecule has 9 nitrogen and oxygen atoms in total. The number of hydrogen-bond donors (Lipinski definition) is 1. The van der Waals surface area contributed by atoms with Crippen molar-refractivity contribution in [2.24, 2.45) is 0 Å². The van der Waals surface area contributed by atoms with Crippen molar-refractivity contribution >= 4 is 11.6 Å².